The number of rotatable bonds is 6. The summed E-state index contributed by atoms with van der Waals surface area (Å²) >= 11 is 1.56. The molecule has 1 saturated heterocycles. The predicted octanol–water partition coefficient (Wildman–Crippen LogP) is 3.26. The van der Waals surface area contributed by atoms with Crippen LogP contribution in [0.5, 0.6) is 0 Å². The Morgan fingerprint density at radius 3 is 2.40 bits per heavy atom. The number of esters is 1. The average molecular weight is 447 g/mol. The molecule has 2 N–H and O–H groups in total. The maximum atomic E-state index is 12.9. The van der Waals surface area contributed by atoms with Gasteiger partial charge < -0.3 is 15.4 Å². The molecule has 2 amide bonds. The molecule has 158 valence electrons. The summed E-state index contributed by atoms with van der Waals surface area (Å²) in [5, 5.41) is 6.14. The van der Waals surface area contributed by atoms with Crippen molar-refractivity contribution >= 4 is 33.6 Å². The number of ether oxygens (including phenoxy) is 1. The van der Waals surface area contributed by atoms with E-state index in [0.717, 1.165) is 10.3 Å². The van der Waals surface area contributed by atoms with Gasteiger partial charge in [-0.25, -0.2) is 13.2 Å². The molecule has 0 radical (unpaired) electrons. The van der Waals surface area contributed by atoms with Gasteiger partial charge in [0, 0.05) is 10.6 Å². The summed E-state index contributed by atoms with van der Waals surface area (Å²) in [6.07, 6.45) is 1.94. The second-order valence-corrected chi connectivity index (χ2v) is 9.19. The fourth-order valence-electron chi connectivity index (χ4n) is 3.18. The lowest BCUT2D eigenvalue weighted by atomic mass is 9.89. The molecule has 2 aromatic carbocycles. The highest BCUT2D eigenvalue weighted by Gasteiger charge is 2.40. The van der Waals surface area contributed by atoms with E-state index in [1.54, 1.807) is 49.0 Å². The molecule has 0 bridgehead atoms. The van der Waals surface area contributed by atoms with E-state index in [4.69, 9.17) is 4.74 Å². The molecular formula is C21H22N2O5S2. The van der Waals surface area contributed by atoms with Crippen molar-refractivity contribution in [3.05, 3.63) is 71.3 Å². The number of carbonyl (C=O) groups excluding carboxylic acids is 2. The molecule has 3 rings (SSSR count). The number of hydrogen-bond acceptors (Lipinski definition) is 6. The van der Waals surface area contributed by atoms with Crippen LogP contribution in [0.15, 0.2) is 75.5 Å². The molecule has 0 aromatic heterocycles. The van der Waals surface area contributed by atoms with Crippen molar-refractivity contribution in [1.29, 1.82) is 0 Å². The number of carbonyl (C=O) groups is 2. The Balaban J connectivity index is 2.07. The van der Waals surface area contributed by atoms with Gasteiger partial charge in [-0.15, -0.1) is 11.8 Å². The number of amides is 2. The Morgan fingerprint density at radius 2 is 1.80 bits per heavy atom. The van der Waals surface area contributed by atoms with Crippen molar-refractivity contribution in [2.75, 3.05) is 12.9 Å². The first-order valence-corrected chi connectivity index (χ1v) is 12.0. The monoisotopic (exact) mass is 446 g/mol. The van der Waals surface area contributed by atoms with E-state index in [9.17, 15) is 18.0 Å². The van der Waals surface area contributed by atoms with E-state index in [-0.39, 0.29) is 17.2 Å². The minimum Gasteiger partial charge on any atom is -0.465 e. The smallest absolute Gasteiger partial charge is 0.319 e. The summed E-state index contributed by atoms with van der Waals surface area (Å²) in [6.45, 7) is 1.79. The second kappa shape index (κ2) is 9.36. The third-order valence-corrected chi connectivity index (χ3v) is 6.82. The molecule has 2 aromatic rings. The summed E-state index contributed by atoms with van der Waals surface area (Å²) in [5.41, 5.74) is 0.642. The van der Waals surface area contributed by atoms with Gasteiger partial charge in [0.25, 0.3) is 0 Å². The predicted molar refractivity (Wildman–Crippen MR) is 114 cm³/mol. The molecule has 1 heterocycles. The van der Waals surface area contributed by atoms with E-state index in [2.05, 4.69) is 10.6 Å². The minimum absolute atomic E-state index is 0.0278. The Kier molecular flexibility index (Phi) is 6.84. The van der Waals surface area contributed by atoms with Crippen molar-refractivity contribution < 1.29 is 22.7 Å². The number of hydrogen-bond donors (Lipinski definition) is 2. The zero-order valence-electron chi connectivity index (χ0n) is 16.5. The molecule has 0 unspecified atom stereocenters. The highest BCUT2D eigenvalue weighted by atomic mass is 32.2. The molecule has 9 heteroatoms. The van der Waals surface area contributed by atoms with Crippen molar-refractivity contribution in [2.24, 2.45) is 5.92 Å². The first-order valence-electron chi connectivity index (χ1n) is 9.25. The molecule has 7 nitrogen and oxygen atoms in total. The maximum absolute atomic E-state index is 12.9. The van der Waals surface area contributed by atoms with Crippen molar-refractivity contribution in [1.82, 2.24) is 10.6 Å². The summed E-state index contributed by atoms with van der Waals surface area (Å²) in [6, 6.07) is 13.8. The van der Waals surface area contributed by atoms with Crippen molar-refractivity contribution in [3.8, 4) is 0 Å². The molecule has 1 fully saturated rings. The minimum atomic E-state index is -3.90. The topological polar surface area (TPSA) is 102 Å². The second-order valence-electron chi connectivity index (χ2n) is 6.51. The van der Waals surface area contributed by atoms with Crippen molar-refractivity contribution in [2.45, 2.75) is 22.8 Å². The third kappa shape index (κ3) is 4.85. The zero-order chi connectivity index (χ0) is 21.7. The van der Waals surface area contributed by atoms with Crippen LogP contribution < -0.4 is 10.6 Å². The van der Waals surface area contributed by atoms with Gasteiger partial charge in [0.15, 0.2) is 0 Å². The fourth-order valence-corrected chi connectivity index (χ4v) is 4.80. The fraction of sp³-hybridized carbons (Fsp3) is 0.238. The number of nitrogens with one attached hydrogen (secondary N) is 2. The Bertz CT molecular complexity index is 1050. The van der Waals surface area contributed by atoms with Crippen LogP contribution in [0.4, 0.5) is 4.79 Å². The van der Waals surface area contributed by atoms with Gasteiger partial charge in [-0.3, -0.25) is 4.79 Å². The van der Waals surface area contributed by atoms with Gasteiger partial charge in [0.05, 0.1) is 23.0 Å². The van der Waals surface area contributed by atoms with Gasteiger partial charge in [0.1, 0.15) is 5.92 Å². The largest absolute Gasteiger partial charge is 0.465 e. The molecule has 0 spiro atoms. The molecule has 2 atom stereocenters. The Morgan fingerprint density at radius 1 is 1.13 bits per heavy atom. The van der Waals surface area contributed by atoms with Gasteiger partial charge in [-0.2, -0.15) is 0 Å². The number of sulfone groups is 1. The zero-order valence-corrected chi connectivity index (χ0v) is 18.1. The summed E-state index contributed by atoms with van der Waals surface area (Å²) in [7, 11) is -3.90. The molecule has 0 saturated carbocycles. The van der Waals surface area contributed by atoms with Gasteiger partial charge in [0.2, 0.25) is 9.84 Å². The van der Waals surface area contributed by atoms with Crippen LogP contribution in [0.2, 0.25) is 0 Å². The maximum Gasteiger partial charge on any atom is 0.319 e. The van der Waals surface area contributed by atoms with Gasteiger partial charge in [-0.1, -0.05) is 30.3 Å². The van der Waals surface area contributed by atoms with Crippen LogP contribution in [0.3, 0.4) is 0 Å². The number of benzene rings is 2. The van der Waals surface area contributed by atoms with Crippen LogP contribution in [-0.4, -0.2) is 33.3 Å². The lowest BCUT2D eigenvalue weighted by molar-refractivity contribution is -0.147. The quantitative estimate of drug-likeness (QED) is 0.522. The lowest BCUT2D eigenvalue weighted by Gasteiger charge is -2.33. The van der Waals surface area contributed by atoms with E-state index < -0.39 is 33.8 Å². The highest BCUT2D eigenvalue weighted by molar-refractivity contribution is 7.98. The summed E-state index contributed by atoms with van der Waals surface area (Å²) in [4.78, 5) is 26.2. The number of thioether (sulfide) groups is 1. The highest BCUT2D eigenvalue weighted by Crippen LogP contribution is 2.33. The van der Waals surface area contributed by atoms with E-state index in [0.29, 0.717) is 5.56 Å². The van der Waals surface area contributed by atoms with E-state index in [1.807, 2.05) is 18.4 Å². The standard InChI is InChI=1S/C21H22N2O5S2/c1-3-28-20(24)18-17(13-30(26,27)16-7-5-4-6-8-16)22-21(25)23-19(18)14-9-11-15(29-2)12-10-14/h4-13,18-19H,3H2,1-2H3,(H2,22,23,25)/b17-13+/t18-,19+/m0/s1. The first-order chi connectivity index (χ1) is 14.4. The molecule has 1 aliphatic rings. The van der Waals surface area contributed by atoms with Crippen molar-refractivity contribution in [3.63, 3.8) is 0 Å². The Hall–Kier alpha value is -2.78. The van der Waals surface area contributed by atoms with Crippen LogP contribution in [0.1, 0.15) is 18.5 Å². The lowest BCUT2D eigenvalue weighted by Crippen LogP contribution is -2.51. The number of urea groups is 1. The SMILES string of the molecule is CCOC(=O)[C@H]1/C(=C\S(=O)(=O)c2ccccc2)NC(=O)N[C@@H]1c1ccc(SC)cc1. The molecule has 1 aliphatic heterocycles. The molecular weight excluding hydrogens is 424 g/mol. The average Bonchev–Trinajstić information content (AvgIpc) is 2.74. The normalized spacial score (nSPS) is 20.3. The van der Waals surface area contributed by atoms with Crippen LogP contribution in [0, 0.1) is 5.92 Å². The molecule has 30 heavy (non-hydrogen) atoms. The van der Waals surface area contributed by atoms with E-state index in [1.165, 1.54) is 12.1 Å². The van der Waals surface area contributed by atoms with Gasteiger partial charge in [-0.05, 0) is 43.0 Å². The van der Waals surface area contributed by atoms with Crippen LogP contribution in [-0.2, 0) is 19.4 Å². The Labute approximate surface area is 179 Å². The van der Waals surface area contributed by atoms with E-state index >= 15 is 0 Å². The molecule has 0 aliphatic carbocycles. The van der Waals surface area contributed by atoms with Crippen LogP contribution >= 0.6 is 11.8 Å². The summed E-state index contributed by atoms with van der Waals surface area (Å²) in [5.74, 6) is -1.67. The van der Waals surface area contributed by atoms with Crippen LogP contribution in [0.25, 0.3) is 0 Å². The van der Waals surface area contributed by atoms with Gasteiger partial charge >= 0.3 is 12.0 Å². The summed E-state index contributed by atoms with van der Waals surface area (Å²) < 4.78 is 30.9. The third-order valence-electron chi connectivity index (χ3n) is 4.58. The first kappa shape index (κ1) is 21.9.